The summed E-state index contributed by atoms with van der Waals surface area (Å²) in [6, 6.07) is 11.4. The first-order valence-electron chi connectivity index (χ1n) is 8.07. The molecule has 0 radical (unpaired) electrons. The van der Waals surface area contributed by atoms with Crippen molar-refractivity contribution in [2.45, 2.75) is 25.8 Å². The number of rotatable bonds is 2. The Morgan fingerprint density at radius 2 is 2.00 bits per heavy atom. The molecule has 0 aromatic heterocycles. The molecule has 2 heterocycles. The zero-order chi connectivity index (χ0) is 16.7. The minimum atomic E-state index is -0.0214. The Hall–Kier alpha value is -2.69. The first-order valence-corrected chi connectivity index (χ1v) is 8.07. The van der Waals surface area contributed by atoms with Crippen molar-refractivity contribution < 1.29 is 19.0 Å². The van der Waals surface area contributed by atoms with E-state index in [0.717, 1.165) is 29.8 Å². The number of anilines is 1. The molecule has 2 aliphatic heterocycles. The van der Waals surface area contributed by atoms with Gasteiger partial charge in [-0.3, -0.25) is 4.79 Å². The topological polar surface area (TPSA) is 48.0 Å². The third kappa shape index (κ3) is 2.37. The number of carbonyl (C=O) groups excluding carboxylic acids is 1. The van der Waals surface area contributed by atoms with E-state index in [1.54, 1.807) is 25.3 Å². The van der Waals surface area contributed by atoms with E-state index < -0.39 is 0 Å². The number of fused-ring (bicyclic) bond motifs is 2. The molecular formula is C19H19NO4. The minimum absolute atomic E-state index is 0.0214. The molecule has 0 aliphatic carbocycles. The summed E-state index contributed by atoms with van der Waals surface area (Å²) in [5, 5.41) is 0. The van der Waals surface area contributed by atoms with Crippen LogP contribution in [-0.2, 0) is 6.42 Å². The number of carbonyl (C=O) groups is 1. The smallest absolute Gasteiger partial charge is 0.258 e. The molecular weight excluding hydrogens is 306 g/mol. The first-order chi connectivity index (χ1) is 11.7. The fraction of sp³-hybridized carbons (Fsp3) is 0.316. The Balaban J connectivity index is 1.72. The van der Waals surface area contributed by atoms with Crippen LogP contribution in [0.4, 0.5) is 5.69 Å². The molecule has 0 spiro atoms. The average Bonchev–Trinajstić information content (AvgIpc) is 3.08. The zero-order valence-corrected chi connectivity index (χ0v) is 13.7. The second-order valence-electron chi connectivity index (χ2n) is 6.13. The van der Waals surface area contributed by atoms with Crippen molar-refractivity contribution >= 4 is 11.6 Å². The zero-order valence-electron chi connectivity index (χ0n) is 13.7. The number of nitrogens with zero attached hydrogens (tertiary/aromatic N) is 1. The summed E-state index contributed by atoms with van der Waals surface area (Å²) in [5.74, 6) is 2.11. The molecule has 0 saturated carbocycles. The van der Waals surface area contributed by atoms with Gasteiger partial charge in [0.15, 0.2) is 11.5 Å². The molecule has 0 unspecified atom stereocenters. The molecule has 1 atom stereocenters. The van der Waals surface area contributed by atoms with Gasteiger partial charge in [-0.15, -0.1) is 0 Å². The molecule has 1 amide bonds. The van der Waals surface area contributed by atoms with Crippen molar-refractivity contribution in [2.75, 3.05) is 18.8 Å². The van der Waals surface area contributed by atoms with Gasteiger partial charge in [0.1, 0.15) is 5.75 Å². The Morgan fingerprint density at radius 3 is 2.83 bits per heavy atom. The molecule has 2 aromatic carbocycles. The van der Waals surface area contributed by atoms with E-state index >= 15 is 0 Å². The summed E-state index contributed by atoms with van der Waals surface area (Å²) >= 11 is 0. The second kappa shape index (κ2) is 5.74. The van der Waals surface area contributed by atoms with Crippen molar-refractivity contribution in [1.82, 2.24) is 0 Å². The van der Waals surface area contributed by atoms with Gasteiger partial charge in [0.2, 0.25) is 6.79 Å². The maximum atomic E-state index is 13.1. The van der Waals surface area contributed by atoms with Crippen LogP contribution in [0.25, 0.3) is 0 Å². The molecule has 2 aliphatic rings. The minimum Gasteiger partial charge on any atom is -0.497 e. The normalized spacial score (nSPS) is 18.2. The highest BCUT2D eigenvalue weighted by Gasteiger charge is 2.30. The van der Waals surface area contributed by atoms with E-state index in [9.17, 15) is 4.79 Å². The highest BCUT2D eigenvalue weighted by Crippen LogP contribution is 2.37. The summed E-state index contributed by atoms with van der Waals surface area (Å²) in [6.45, 7) is 2.29. The lowest BCUT2D eigenvalue weighted by Crippen LogP contribution is -2.42. The standard InChI is InChI=1S/C19H19NO4/c1-12-3-4-13-9-15(22-2)6-7-16(13)20(12)19(21)14-5-8-17-18(10-14)24-11-23-17/h5-10,12H,3-4,11H2,1-2H3/t12-/m1/s1. The number of amides is 1. The number of ether oxygens (including phenoxy) is 3. The van der Waals surface area contributed by atoms with Crippen molar-refractivity contribution in [3.8, 4) is 17.2 Å². The lowest BCUT2D eigenvalue weighted by atomic mass is 9.95. The van der Waals surface area contributed by atoms with Gasteiger partial charge in [-0.1, -0.05) is 0 Å². The molecule has 0 fully saturated rings. The maximum absolute atomic E-state index is 13.1. The van der Waals surface area contributed by atoms with Crippen LogP contribution < -0.4 is 19.1 Å². The summed E-state index contributed by atoms with van der Waals surface area (Å²) in [6.07, 6.45) is 1.87. The van der Waals surface area contributed by atoms with Gasteiger partial charge >= 0.3 is 0 Å². The Labute approximate surface area is 140 Å². The van der Waals surface area contributed by atoms with Gasteiger partial charge in [0.05, 0.1) is 7.11 Å². The molecule has 0 saturated heterocycles. The number of methoxy groups -OCH3 is 1. The lowest BCUT2D eigenvalue weighted by molar-refractivity contribution is 0.0974. The molecule has 124 valence electrons. The summed E-state index contributed by atoms with van der Waals surface area (Å²) < 4.78 is 16.0. The number of hydrogen-bond donors (Lipinski definition) is 0. The monoisotopic (exact) mass is 325 g/mol. The number of benzene rings is 2. The highest BCUT2D eigenvalue weighted by molar-refractivity contribution is 6.07. The fourth-order valence-corrected chi connectivity index (χ4v) is 3.33. The van der Waals surface area contributed by atoms with Crippen LogP contribution in [-0.4, -0.2) is 25.9 Å². The van der Waals surface area contributed by atoms with Crippen LogP contribution in [0.2, 0.25) is 0 Å². The quantitative estimate of drug-likeness (QED) is 0.849. The fourth-order valence-electron chi connectivity index (χ4n) is 3.33. The second-order valence-corrected chi connectivity index (χ2v) is 6.13. The van der Waals surface area contributed by atoms with E-state index in [1.165, 1.54) is 0 Å². The van der Waals surface area contributed by atoms with Crippen LogP contribution in [0.5, 0.6) is 17.2 Å². The van der Waals surface area contributed by atoms with E-state index in [2.05, 4.69) is 6.92 Å². The summed E-state index contributed by atoms with van der Waals surface area (Å²) in [7, 11) is 1.66. The summed E-state index contributed by atoms with van der Waals surface area (Å²) in [5.41, 5.74) is 2.70. The number of hydrogen-bond acceptors (Lipinski definition) is 4. The predicted molar refractivity (Wildman–Crippen MR) is 90.2 cm³/mol. The Morgan fingerprint density at radius 1 is 1.17 bits per heavy atom. The van der Waals surface area contributed by atoms with E-state index in [4.69, 9.17) is 14.2 Å². The lowest BCUT2D eigenvalue weighted by Gasteiger charge is -2.35. The van der Waals surface area contributed by atoms with Gasteiger partial charge in [-0.25, -0.2) is 0 Å². The molecule has 0 bridgehead atoms. The van der Waals surface area contributed by atoms with E-state index in [1.807, 2.05) is 23.1 Å². The van der Waals surface area contributed by atoms with Crippen LogP contribution in [0.3, 0.4) is 0 Å². The van der Waals surface area contributed by atoms with Crippen molar-refractivity contribution in [3.63, 3.8) is 0 Å². The van der Waals surface area contributed by atoms with Crippen molar-refractivity contribution in [2.24, 2.45) is 0 Å². The van der Waals surface area contributed by atoms with Crippen molar-refractivity contribution in [3.05, 3.63) is 47.5 Å². The first kappa shape index (κ1) is 14.9. The number of aryl methyl sites for hydroxylation is 1. The Bertz CT molecular complexity index is 802. The molecule has 24 heavy (non-hydrogen) atoms. The maximum Gasteiger partial charge on any atom is 0.258 e. The molecule has 5 heteroatoms. The largest absolute Gasteiger partial charge is 0.497 e. The van der Waals surface area contributed by atoms with Crippen LogP contribution in [0, 0.1) is 0 Å². The van der Waals surface area contributed by atoms with Crippen molar-refractivity contribution in [1.29, 1.82) is 0 Å². The third-order valence-corrected chi connectivity index (χ3v) is 4.66. The van der Waals surface area contributed by atoms with Gasteiger partial charge in [0.25, 0.3) is 5.91 Å². The molecule has 5 nitrogen and oxygen atoms in total. The van der Waals surface area contributed by atoms with Crippen LogP contribution in [0.15, 0.2) is 36.4 Å². The SMILES string of the molecule is COc1ccc2c(c1)CC[C@@H](C)N2C(=O)c1ccc2c(c1)OCO2. The molecule has 4 rings (SSSR count). The average molecular weight is 325 g/mol. The van der Waals surface area contributed by atoms with E-state index in [0.29, 0.717) is 17.1 Å². The molecule has 0 N–H and O–H groups in total. The summed E-state index contributed by atoms with van der Waals surface area (Å²) in [4.78, 5) is 15.0. The third-order valence-electron chi connectivity index (χ3n) is 4.66. The van der Waals surface area contributed by atoms with Crippen LogP contribution >= 0.6 is 0 Å². The molecule has 2 aromatic rings. The predicted octanol–water partition coefficient (Wildman–Crippen LogP) is 3.41. The van der Waals surface area contributed by atoms with E-state index in [-0.39, 0.29) is 18.7 Å². The van der Waals surface area contributed by atoms with Gasteiger partial charge in [-0.05, 0) is 61.7 Å². The highest BCUT2D eigenvalue weighted by atomic mass is 16.7. The van der Waals surface area contributed by atoms with Gasteiger partial charge in [-0.2, -0.15) is 0 Å². The van der Waals surface area contributed by atoms with Crippen LogP contribution in [0.1, 0.15) is 29.3 Å². The van der Waals surface area contributed by atoms with Gasteiger partial charge < -0.3 is 19.1 Å². The van der Waals surface area contributed by atoms with Gasteiger partial charge in [0, 0.05) is 17.3 Å². The Kier molecular flexibility index (Phi) is 3.56.